The van der Waals surface area contributed by atoms with Gasteiger partial charge >= 0.3 is 6.18 Å². The molecule has 17 heavy (non-hydrogen) atoms. The van der Waals surface area contributed by atoms with Gasteiger partial charge in [0.15, 0.2) is 0 Å². The molecule has 96 valence electrons. The maximum absolute atomic E-state index is 12.8. The van der Waals surface area contributed by atoms with Crippen LogP contribution in [0.3, 0.4) is 0 Å². The van der Waals surface area contributed by atoms with E-state index in [1.54, 1.807) is 0 Å². The minimum atomic E-state index is -4.40. The van der Waals surface area contributed by atoms with Crippen molar-refractivity contribution in [2.24, 2.45) is 11.7 Å². The highest BCUT2D eigenvalue weighted by molar-refractivity contribution is 6.31. The fourth-order valence-electron chi connectivity index (χ4n) is 1.81. The van der Waals surface area contributed by atoms with E-state index in [9.17, 15) is 13.2 Å². The van der Waals surface area contributed by atoms with Crippen LogP contribution in [0.2, 0.25) is 5.02 Å². The van der Waals surface area contributed by atoms with Gasteiger partial charge in [-0.15, -0.1) is 12.4 Å². The van der Waals surface area contributed by atoms with Gasteiger partial charge < -0.3 is 5.73 Å². The van der Waals surface area contributed by atoms with E-state index in [0.717, 1.165) is 18.9 Å². The van der Waals surface area contributed by atoms with E-state index in [0.29, 0.717) is 0 Å². The molecule has 2 N–H and O–H groups in total. The van der Waals surface area contributed by atoms with E-state index in [2.05, 4.69) is 0 Å². The highest BCUT2D eigenvalue weighted by Crippen LogP contribution is 2.45. The van der Waals surface area contributed by atoms with Crippen molar-refractivity contribution in [1.29, 1.82) is 0 Å². The summed E-state index contributed by atoms with van der Waals surface area (Å²) in [6.07, 6.45) is -2.64. The first-order chi connectivity index (χ1) is 7.41. The third-order valence-corrected chi connectivity index (χ3v) is 3.15. The molecular formula is C11H12Cl2F3N. The van der Waals surface area contributed by atoms with Crippen LogP contribution in [0.5, 0.6) is 0 Å². The van der Waals surface area contributed by atoms with Crippen molar-refractivity contribution in [2.75, 3.05) is 0 Å². The summed E-state index contributed by atoms with van der Waals surface area (Å²) in [5.41, 5.74) is 5.15. The van der Waals surface area contributed by atoms with Crippen LogP contribution < -0.4 is 5.73 Å². The molecule has 0 radical (unpaired) electrons. The lowest BCUT2D eigenvalue weighted by molar-refractivity contribution is -0.138. The Morgan fingerprint density at radius 2 is 1.88 bits per heavy atom. The Morgan fingerprint density at radius 1 is 1.29 bits per heavy atom. The van der Waals surface area contributed by atoms with Gasteiger partial charge in [-0.3, -0.25) is 0 Å². The molecule has 1 fully saturated rings. The number of alkyl halides is 3. The second kappa shape index (κ2) is 5.04. The molecule has 0 saturated heterocycles. The van der Waals surface area contributed by atoms with Crippen molar-refractivity contribution in [3.63, 3.8) is 0 Å². The van der Waals surface area contributed by atoms with Gasteiger partial charge in [0.25, 0.3) is 0 Å². The molecule has 0 heterocycles. The molecule has 0 aliphatic heterocycles. The van der Waals surface area contributed by atoms with Crippen LogP contribution in [0.4, 0.5) is 13.2 Å². The van der Waals surface area contributed by atoms with E-state index >= 15 is 0 Å². The lowest BCUT2D eigenvalue weighted by atomic mass is 9.97. The molecular weight excluding hydrogens is 274 g/mol. The predicted octanol–water partition coefficient (Wildman–Crippen LogP) is 4.19. The zero-order valence-electron chi connectivity index (χ0n) is 8.80. The molecule has 0 spiro atoms. The van der Waals surface area contributed by atoms with Crippen LogP contribution in [0.15, 0.2) is 18.2 Å². The number of hydrogen-bond donors (Lipinski definition) is 1. The molecule has 0 unspecified atom stereocenters. The molecule has 0 amide bonds. The van der Waals surface area contributed by atoms with Gasteiger partial charge in [-0.1, -0.05) is 17.7 Å². The summed E-state index contributed by atoms with van der Waals surface area (Å²) in [7, 11) is 0. The monoisotopic (exact) mass is 285 g/mol. The lowest BCUT2D eigenvalue weighted by Gasteiger charge is -2.19. The van der Waals surface area contributed by atoms with Gasteiger partial charge in [0.1, 0.15) is 0 Å². The van der Waals surface area contributed by atoms with E-state index < -0.39 is 17.8 Å². The molecule has 1 saturated carbocycles. The fourth-order valence-corrected chi connectivity index (χ4v) is 2.11. The number of hydrogen-bond acceptors (Lipinski definition) is 1. The topological polar surface area (TPSA) is 26.0 Å². The molecule has 2 rings (SSSR count). The number of nitrogens with two attached hydrogens (primary N) is 1. The summed E-state index contributed by atoms with van der Waals surface area (Å²) in [6, 6.07) is 3.18. The van der Waals surface area contributed by atoms with Crippen molar-refractivity contribution in [1.82, 2.24) is 0 Å². The Labute approximate surface area is 109 Å². The Balaban J connectivity index is 0.00000144. The molecule has 1 aliphatic rings. The van der Waals surface area contributed by atoms with Crippen LogP contribution >= 0.6 is 24.0 Å². The van der Waals surface area contributed by atoms with Gasteiger partial charge in [-0.2, -0.15) is 13.2 Å². The summed E-state index contributed by atoms with van der Waals surface area (Å²) in [5.74, 6) is 0.140. The summed E-state index contributed by atoms with van der Waals surface area (Å²) in [5, 5.41) is 0.106. The van der Waals surface area contributed by atoms with Gasteiger partial charge in [0.2, 0.25) is 0 Å². The first-order valence-electron chi connectivity index (χ1n) is 5.02. The summed E-state index contributed by atoms with van der Waals surface area (Å²) in [4.78, 5) is 0. The van der Waals surface area contributed by atoms with E-state index in [4.69, 9.17) is 17.3 Å². The van der Waals surface area contributed by atoms with Crippen molar-refractivity contribution < 1.29 is 13.2 Å². The van der Waals surface area contributed by atoms with Crippen LogP contribution in [-0.4, -0.2) is 0 Å². The average Bonchev–Trinajstić information content (AvgIpc) is 2.98. The van der Waals surface area contributed by atoms with Crippen molar-refractivity contribution in [3.05, 3.63) is 34.3 Å². The zero-order chi connectivity index (χ0) is 11.9. The highest BCUT2D eigenvalue weighted by atomic mass is 35.5. The molecule has 1 aliphatic carbocycles. The maximum atomic E-state index is 12.8. The van der Waals surface area contributed by atoms with Crippen LogP contribution in [0.25, 0.3) is 0 Å². The number of benzene rings is 1. The molecule has 1 aromatic rings. The molecule has 6 heteroatoms. The van der Waals surface area contributed by atoms with E-state index in [1.807, 2.05) is 0 Å². The minimum Gasteiger partial charge on any atom is -0.324 e. The predicted molar refractivity (Wildman–Crippen MR) is 63.4 cm³/mol. The highest BCUT2D eigenvalue weighted by Gasteiger charge is 2.39. The first-order valence-corrected chi connectivity index (χ1v) is 5.40. The second-order valence-corrected chi connectivity index (χ2v) is 4.47. The molecule has 1 nitrogen and oxygen atoms in total. The van der Waals surface area contributed by atoms with Crippen molar-refractivity contribution >= 4 is 24.0 Å². The molecule has 1 aromatic carbocycles. The van der Waals surface area contributed by atoms with Crippen molar-refractivity contribution in [2.45, 2.75) is 25.1 Å². The Kier molecular flexibility index (Phi) is 4.33. The largest absolute Gasteiger partial charge is 0.416 e. The van der Waals surface area contributed by atoms with Crippen LogP contribution in [0.1, 0.15) is 30.0 Å². The summed E-state index contributed by atoms with van der Waals surface area (Å²) < 4.78 is 38.3. The molecule has 0 aromatic heterocycles. The zero-order valence-corrected chi connectivity index (χ0v) is 10.4. The molecule has 0 bridgehead atoms. The van der Waals surface area contributed by atoms with Crippen LogP contribution in [-0.2, 0) is 6.18 Å². The van der Waals surface area contributed by atoms with Gasteiger partial charge in [-0.05, 0) is 36.5 Å². The Morgan fingerprint density at radius 3 is 2.35 bits per heavy atom. The summed E-state index contributed by atoms with van der Waals surface area (Å²) in [6.45, 7) is 0. The Hall–Kier alpha value is -0.450. The SMILES string of the molecule is Cl.N[C@@H](c1c(Cl)cccc1C(F)(F)F)C1CC1. The maximum Gasteiger partial charge on any atom is 0.416 e. The quantitative estimate of drug-likeness (QED) is 0.866. The smallest absolute Gasteiger partial charge is 0.324 e. The van der Waals surface area contributed by atoms with Gasteiger partial charge in [0, 0.05) is 11.1 Å². The summed E-state index contributed by atoms with van der Waals surface area (Å²) >= 11 is 5.82. The normalized spacial score (nSPS) is 17.5. The standard InChI is InChI=1S/C11H11ClF3N.ClH/c12-8-3-1-2-7(11(13,14)15)9(8)10(16)6-4-5-6;/h1-3,6,10H,4-5,16H2;1H/t10-;/m1./s1. The first kappa shape index (κ1) is 14.6. The second-order valence-electron chi connectivity index (χ2n) is 4.06. The van der Waals surface area contributed by atoms with Crippen molar-refractivity contribution in [3.8, 4) is 0 Å². The third kappa shape index (κ3) is 3.06. The number of rotatable bonds is 2. The fraction of sp³-hybridized carbons (Fsp3) is 0.455. The number of halogens is 5. The lowest BCUT2D eigenvalue weighted by Crippen LogP contribution is -2.19. The average molecular weight is 286 g/mol. The Bertz CT molecular complexity index is 402. The molecule has 1 atom stereocenters. The minimum absolute atomic E-state index is 0. The van der Waals surface area contributed by atoms with Gasteiger partial charge in [-0.25, -0.2) is 0 Å². The van der Waals surface area contributed by atoms with Crippen LogP contribution in [0, 0.1) is 5.92 Å². The third-order valence-electron chi connectivity index (χ3n) is 2.82. The van der Waals surface area contributed by atoms with E-state index in [-0.39, 0.29) is 28.9 Å². The van der Waals surface area contributed by atoms with Gasteiger partial charge in [0.05, 0.1) is 5.56 Å². The van der Waals surface area contributed by atoms with E-state index in [1.165, 1.54) is 12.1 Å².